The van der Waals surface area contributed by atoms with Gasteiger partial charge in [0.25, 0.3) is 0 Å². The second-order valence-corrected chi connectivity index (χ2v) is 25.9. The number of hydrogen-bond donors (Lipinski definition) is 5. The van der Waals surface area contributed by atoms with E-state index in [0.29, 0.717) is 37.7 Å². The maximum Gasteiger partial charge on any atom is 0.302 e. The van der Waals surface area contributed by atoms with Crippen LogP contribution in [0.3, 0.4) is 0 Å². The van der Waals surface area contributed by atoms with Crippen molar-refractivity contribution in [2.75, 3.05) is 92.4 Å². The van der Waals surface area contributed by atoms with Crippen molar-refractivity contribution in [3.63, 3.8) is 0 Å². The van der Waals surface area contributed by atoms with Crippen LogP contribution >= 0.6 is 0 Å². The molecular weight excluding hydrogens is 1190 g/mol. The molecule has 0 aromatic heterocycles. The summed E-state index contributed by atoms with van der Waals surface area (Å²) in [5.74, 6) is -1.74. The molecule has 0 saturated heterocycles. The molecule has 3 aliphatic rings. The molecule has 5 N–H and O–H groups in total. The average molecular weight is 1300 g/mol. The van der Waals surface area contributed by atoms with E-state index in [0.717, 1.165) is 0 Å². The van der Waals surface area contributed by atoms with Crippen LogP contribution in [0.1, 0.15) is 158 Å². The van der Waals surface area contributed by atoms with Gasteiger partial charge in [0.2, 0.25) is 23.6 Å². The first-order chi connectivity index (χ1) is 43.7. The van der Waals surface area contributed by atoms with Gasteiger partial charge < -0.3 is 63.9 Å². The van der Waals surface area contributed by atoms with Crippen molar-refractivity contribution in [1.82, 2.24) is 26.6 Å². The van der Waals surface area contributed by atoms with E-state index in [4.69, 9.17) is 42.6 Å². The molecule has 92 heavy (non-hydrogen) atoms. The molecule has 15 unspecified atom stereocenters. The third-order valence-corrected chi connectivity index (χ3v) is 18.8. The van der Waals surface area contributed by atoms with Gasteiger partial charge in [-0.1, -0.05) is 71.9 Å². The highest BCUT2D eigenvalue weighted by Crippen LogP contribution is 2.39. The molecule has 0 aliphatic heterocycles. The Morgan fingerprint density at radius 3 is 1.16 bits per heavy atom. The Balaban J connectivity index is 1.40. The van der Waals surface area contributed by atoms with Crippen molar-refractivity contribution in [2.24, 2.45) is 53.3 Å². The second-order valence-electron chi connectivity index (χ2n) is 25.9. The predicted octanol–water partition coefficient (Wildman–Crippen LogP) is 5.47. The third-order valence-electron chi connectivity index (χ3n) is 18.8. The number of ether oxygens (including phenoxy) is 9. The zero-order valence-corrected chi connectivity index (χ0v) is 56.8. The minimum Gasteiger partial charge on any atom is -0.466 e. The van der Waals surface area contributed by atoms with E-state index in [1.807, 2.05) is 20.8 Å². The molecule has 0 spiro atoms. The smallest absolute Gasteiger partial charge is 0.302 e. The van der Waals surface area contributed by atoms with Gasteiger partial charge in [-0.05, 0) is 85.4 Å². The summed E-state index contributed by atoms with van der Waals surface area (Å²) in [4.78, 5) is 125. The van der Waals surface area contributed by atoms with Crippen LogP contribution < -0.4 is 26.6 Å². The van der Waals surface area contributed by atoms with Crippen molar-refractivity contribution < 1.29 is 90.6 Å². The molecule has 1 aromatic rings. The summed E-state index contributed by atoms with van der Waals surface area (Å²) < 4.78 is 53.7. The fourth-order valence-corrected chi connectivity index (χ4v) is 12.8. The molecule has 1 aromatic carbocycles. The Bertz CT molecular complexity index is 2280. The molecule has 15 atom stereocenters. The minimum atomic E-state index is -1.23. The maximum absolute atomic E-state index is 13.7. The van der Waals surface area contributed by atoms with Crippen molar-refractivity contribution >= 4 is 58.9 Å². The Labute approximate surface area is 544 Å². The van der Waals surface area contributed by atoms with Gasteiger partial charge in [0.1, 0.15) is 11.6 Å². The number of nitrogens with one attached hydrogen (secondary N) is 5. The van der Waals surface area contributed by atoms with Crippen LogP contribution in [0.2, 0.25) is 0 Å². The topological polar surface area (TPSA) is 314 Å². The Kier molecular flexibility index (Phi) is 35.2. The van der Waals surface area contributed by atoms with Crippen molar-refractivity contribution in [3.8, 4) is 0 Å². The average Bonchev–Trinajstić information content (AvgIpc) is 0.854. The van der Waals surface area contributed by atoms with Crippen LogP contribution in [0, 0.1) is 53.3 Å². The Hall–Kier alpha value is -5.76. The van der Waals surface area contributed by atoms with Gasteiger partial charge in [0.15, 0.2) is 5.78 Å². The van der Waals surface area contributed by atoms with Crippen molar-refractivity contribution in [1.29, 1.82) is 0 Å². The summed E-state index contributed by atoms with van der Waals surface area (Å²) in [6.07, 6.45) is 1.89. The summed E-state index contributed by atoms with van der Waals surface area (Å²) in [7, 11) is 0. The summed E-state index contributed by atoms with van der Waals surface area (Å²) >= 11 is 0. The first-order valence-corrected chi connectivity index (χ1v) is 33.1. The van der Waals surface area contributed by atoms with Crippen LogP contribution in [0.4, 0.5) is 0 Å². The summed E-state index contributed by atoms with van der Waals surface area (Å²) in [6, 6.07) is 7.92. The first-order valence-electron chi connectivity index (χ1n) is 33.1. The van der Waals surface area contributed by atoms with E-state index in [2.05, 4.69) is 47.4 Å². The molecule has 3 saturated carbocycles. The molecule has 520 valence electrons. The standard InChI is InChI=1S/C68H109N5O19/c1-42-45(4)65(71-48(7)74)61(32-55(42)36-90-51(10)77)87-26-16-20-58(80)22-28-84-39-68(70-35-60(82)54-18-14-13-15-19-54,40-85-29-23-59(81)21-17-27-88-62-33-56(37-91-52(11)78)43(2)46(5)66(62)72-49(8)75)41-86-30-24-64(83)69-25-31-89-63-34-57(38-92-53(12)79)44(3)47(6)67(63)73-50(9)76/h13-15,18-19,42-47,55-57,61-63,65-67,70H,16-17,20-41H2,1-12H3,(H,69,83)(H,71,74)(H,72,75)(H,73,76). The van der Waals surface area contributed by atoms with Gasteiger partial charge in [0, 0.05) is 99.0 Å². The third kappa shape index (κ3) is 28.1. The lowest BCUT2D eigenvalue weighted by molar-refractivity contribution is -0.146. The summed E-state index contributed by atoms with van der Waals surface area (Å²) in [5.41, 5.74) is -0.769. The van der Waals surface area contributed by atoms with E-state index >= 15 is 0 Å². The fraction of sp³-hybridized carbons (Fsp3) is 0.765. The van der Waals surface area contributed by atoms with Gasteiger partial charge >= 0.3 is 17.9 Å². The van der Waals surface area contributed by atoms with E-state index in [-0.39, 0.29) is 273 Å². The van der Waals surface area contributed by atoms with Gasteiger partial charge in [0.05, 0.1) is 115 Å². The number of esters is 3. The number of benzene rings is 1. The largest absolute Gasteiger partial charge is 0.466 e. The monoisotopic (exact) mass is 1300 g/mol. The van der Waals surface area contributed by atoms with E-state index < -0.39 is 5.54 Å². The highest BCUT2D eigenvalue weighted by molar-refractivity contribution is 5.97. The molecule has 0 heterocycles. The molecule has 3 aliphatic carbocycles. The lowest BCUT2D eigenvalue weighted by Gasteiger charge is -2.44. The molecule has 24 heteroatoms. The number of ketones is 3. The molecule has 4 amide bonds. The lowest BCUT2D eigenvalue weighted by Crippen LogP contribution is -2.58. The van der Waals surface area contributed by atoms with E-state index in [1.165, 1.54) is 41.5 Å². The van der Waals surface area contributed by atoms with Crippen molar-refractivity contribution in [2.45, 2.75) is 189 Å². The summed E-state index contributed by atoms with van der Waals surface area (Å²) in [6.45, 7) is 21.9. The fourth-order valence-electron chi connectivity index (χ4n) is 12.8. The molecule has 0 bridgehead atoms. The summed E-state index contributed by atoms with van der Waals surface area (Å²) in [5, 5.41) is 15.3. The Morgan fingerprint density at radius 1 is 0.446 bits per heavy atom. The first kappa shape index (κ1) is 78.7. The zero-order chi connectivity index (χ0) is 67.9. The van der Waals surface area contributed by atoms with Crippen LogP contribution in [0.5, 0.6) is 0 Å². The van der Waals surface area contributed by atoms with Crippen LogP contribution in [-0.4, -0.2) is 193 Å². The number of Topliss-reactive ketones (excluding diaryl/α,β-unsaturated/α-hetero) is 3. The quantitative estimate of drug-likeness (QED) is 0.0235. The van der Waals surface area contributed by atoms with E-state index in [9.17, 15) is 47.9 Å². The predicted molar refractivity (Wildman–Crippen MR) is 341 cm³/mol. The number of hydrogen-bond acceptors (Lipinski definition) is 20. The molecule has 4 rings (SSSR count). The lowest BCUT2D eigenvalue weighted by atomic mass is 9.70. The molecule has 3 fully saturated rings. The van der Waals surface area contributed by atoms with Gasteiger partial charge in [-0.3, -0.25) is 53.3 Å². The molecular formula is C68H109N5O19. The Morgan fingerprint density at radius 2 is 0.804 bits per heavy atom. The van der Waals surface area contributed by atoms with Crippen LogP contribution in [0.15, 0.2) is 30.3 Å². The van der Waals surface area contributed by atoms with Crippen LogP contribution in [0.25, 0.3) is 0 Å². The number of carbonyl (C=O) groups excluding carboxylic acids is 10. The molecule has 0 radical (unpaired) electrons. The number of amides is 4. The number of rotatable bonds is 42. The van der Waals surface area contributed by atoms with Crippen molar-refractivity contribution in [3.05, 3.63) is 35.9 Å². The number of carbonyl (C=O) groups is 10. The normalized spacial score (nSPS) is 26.9. The SMILES string of the molecule is CC(=O)NC1C(OCCCC(=O)CCOCC(COCCC(=O)CCCOC2CC(COC(C)=O)C(C)C(C)C2NC(C)=O)(COCCC(=O)NCCOC2CC(COC(C)=O)C(C)C(C)C2NC(C)=O)NCC(=O)c2ccccc2)CC(COC(C)=O)C(C)C1C. The van der Waals surface area contributed by atoms with Crippen LogP contribution in [-0.2, 0) is 85.8 Å². The van der Waals surface area contributed by atoms with Gasteiger partial charge in [-0.2, -0.15) is 0 Å². The van der Waals surface area contributed by atoms with E-state index in [1.54, 1.807) is 30.3 Å². The van der Waals surface area contributed by atoms with Gasteiger partial charge in [-0.25, -0.2) is 0 Å². The second kappa shape index (κ2) is 41.2. The van der Waals surface area contributed by atoms with Gasteiger partial charge in [-0.15, -0.1) is 0 Å². The molecule has 24 nitrogen and oxygen atoms in total. The highest BCUT2D eigenvalue weighted by atomic mass is 16.5. The maximum atomic E-state index is 13.7. The zero-order valence-electron chi connectivity index (χ0n) is 56.8. The minimum absolute atomic E-state index is 0.00958. The highest BCUT2D eigenvalue weighted by Gasteiger charge is 2.45.